The van der Waals surface area contributed by atoms with Crippen LogP contribution in [0.3, 0.4) is 0 Å². The van der Waals surface area contributed by atoms with Gasteiger partial charge >= 0.3 is 0 Å². The lowest BCUT2D eigenvalue weighted by Crippen LogP contribution is -2.51. The maximum Gasteiger partial charge on any atom is 0.242 e. The number of rotatable bonds is 3. The molecule has 0 aliphatic carbocycles. The fourth-order valence-corrected chi connectivity index (χ4v) is 3.81. The van der Waals surface area contributed by atoms with Crippen molar-refractivity contribution in [2.24, 2.45) is 0 Å². The van der Waals surface area contributed by atoms with E-state index < -0.39 is 0 Å². The second-order valence-corrected chi connectivity index (χ2v) is 6.89. The van der Waals surface area contributed by atoms with E-state index in [0.717, 1.165) is 38.8 Å². The van der Waals surface area contributed by atoms with Crippen molar-refractivity contribution in [1.82, 2.24) is 10.2 Å². The molecule has 5 nitrogen and oxygen atoms in total. The van der Waals surface area contributed by atoms with Crippen LogP contribution >= 0.6 is 0 Å². The van der Waals surface area contributed by atoms with E-state index in [9.17, 15) is 9.59 Å². The molecule has 3 rings (SSSR count). The molecule has 1 saturated heterocycles. The van der Waals surface area contributed by atoms with Crippen LogP contribution < -0.4 is 10.2 Å². The normalized spacial score (nSPS) is 21.0. The van der Waals surface area contributed by atoms with Gasteiger partial charge in [0.1, 0.15) is 0 Å². The van der Waals surface area contributed by atoms with E-state index in [1.54, 1.807) is 0 Å². The fourth-order valence-electron chi connectivity index (χ4n) is 3.81. The predicted octanol–water partition coefficient (Wildman–Crippen LogP) is 1.96. The first kappa shape index (κ1) is 16.8. The standard InChI is InChI=1S/C19H27N3O2/c1-15(23)20-17-9-6-12-22(13-17)19(24)14-21-11-5-4-8-16-7-2-3-10-18(16)21/h2-3,7,10,17H,4-6,8-9,11-14H2,1H3,(H,20,23). The van der Waals surface area contributed by atoms with Gasteiger partial charge in [-0.3, -0.25) is 9.59 Å². The number of hydrogen-bond acceptors (Lipinski definition) is 3. The predicted molar refractivity (Wildman–Crippen MR) is 95.0 cm³/mol. The van der Waals surface area contributed by atoms with Crippen LogP contribution in [0, 0.1) is 0 Å². The number of anilines is 1. The van der Waals surface area contributed by atoms with Crippen molar-refractivity contribution in [2.45, 2.75) is 45.1 Å². The van der Waals surface area contributed by atoms with Gasteiger partial charge < -0.3 is 15.1 Å². The minimum Gasteiger partial charge on any atom is -0.362 e. The molecular formula is C19H27N3O2. The molecule has 2 aliphatic rings. The highest BCUT2D eigenvalue weighted by atomic mass is 16.2. The van der Waals surface area contributed by atoms with Crippen molar-refractivity contribution >= 4 is 17.5 Å². The van der Waals surface area contributed by atoms with Gasteiger partial charge in [0.25, 0.3) is 0 Å². The number of piperidine rings is 1. The van der Waals surface area contributed by atoms with Crippen molar-refractivity contribution in [2.75, 3.05) is 31.1 Å². The van der Waals surface area contributed by atoms with Gasteiger partial charge in [0.15, 0.2) is 0 Å². The molecule has 1 aromatic rings. The van der Waals surface area contributed by atoms with Gasteiger partial charge in [0.05, 0.1) is 6.54 Å². The highest BCUT2D eigenvalue weighted by Gasteiger charge is 2.26. The molecular weight excluding hydrogens is 302 g/mol. The second-order valence-electron chi connectivity index (χ2n) is 6.89. The largest absolute Gasteiger partial charge is 0.362 e. The third-order valence-corrected chi connectivity index (χ3v) is 4.96. The first-order chi connectivity index (χ1) is 11.6. The van der Waals surface area contributed by atoms with E-state index in [1.165, 1.54) is 24.6 Å². The molecule has 5 heteroatoms. The molecule has 2 aliphatic heterocycles. The number of carbonyl (C=O) groups excluding carboxylic acids is 2. The van der Waals surface area contributed by atoms with Crippen LogP contribution in [0.2, 0.25) is 0 Å². The zero-order valence-electron chi connectivity index (χ0n) is 14.5. The van der Waals surface area contributed by atoms with Crippen LogP contribution in [0.4, 0.5) is 5.69 Å². The Labute approximate surface area is 144 Å². The quantitative estimate of drug-likeness (QED) is 0.922. The van der Waals surface area contributed by atoms with E-state index in [1.807, 2.05) is 4.90 Å². The van der Waals surface area contributed by atoms with E-state index in [-0.39, 0.29) is 17.9 Å². The summed E-state index contributed by atoms with van der Waals surface area (Å²) in [6.07, 6.45) is 5.30. The Kier molecular flexibility index (Phi) is 5.38. The van der Waals surface area contributed by atoms with Gasteiger partial charge in [-0.2, -0.15) is 0 Å². The summed E-state index contributed by atoms with van der Waals surface area (Å²) in [5.74, 6) is 0.150. The monoisotopic (exact) mass is 329 g/mol. The number of nitrogens with zero attached hydrogens (tertiary/aromatic N) is 2. The van der Waals surface area contributed by atoms with Crippen LogP contribution in [-0.4, -0.2) is 48.9 Å². The van der Waals surface area contributed by atoms with Gasteiger partial charge in [-0.25, -0.2) is 0 Å². The molecule has 1 unspecified atom stereocenters. The van der Waals surface area contributed by atoms with Crippen molar-refractivity contribution in [3.05, 3.63) is 29.8 Å². The summed E-state index contributed by atoms with van der Waals surface area (Å²) >= 11 is 0. The maximum atomic E-state index is 12.8. The van der Waals surface area contributed by atoms with Gasteiger partial charge in [-0.15, -0.1) is 0 Å². The molecule has 1 atom stereocenters. The number of carbonyl (C=O) groups is 2. The van der Waals surface area contributed by atoms with Gasteiger partial charge in [0.2, 0.25) is 11.8 Å². The lowest BCUT2D eigenvalue weighted by Gasteiger charge is -2.35. The second kappa shape index (κ2) is 7.69. The van der Waals surface area contributed by atoms with Gasteiger partial charge in [0, 0.05) is 38.3 Å². The van der Waals surface area contributed by atoms with E-state index in [2.05, 4.69) is 34.5 Å². The minimum absolute atomic E-state index is 0.0178. The number of benzene rings is 1. The molecule has 1 aromatic carbocycles. The third kappa shape index (κ3) is 4.08. The van der Waals surface area contributed by atoms with Crippen molar-refractivity contribution in [1.29, 1.82) is 0 Å². The zero-order chi connectivity index (χ0) is 16.9. The number of fused-ring (bicyclic) bond motifs is 1. The third-order valence-electron chi connectivity index (χ3n) is 4.96. The summed E-state index contributed by atoms with van der Waals surface area (Å²) in [6, 6.07) is 8.52. The summed E-state index contributed by atoms with van der Waals surface area (Å²) in [5.41, 5.74) is 2.55. The summed E-state index contributed by atoms with van der Waals surface area (Å²) < 4.78 is 0. The fraction of sp³-hybridized carbons (Fsp3) is 0.579. The lowest BCUT2D eigenvalue weighted by atomic mass is 10.1. The number of aryl methyl sites for hydroxylation is 1. The van der Waals surface area contributed by atoms with Crippen LogP contribution in [-0.2, 0) is 16.0 Å². The van der Waals surface area contributed by atoms with E-state index in [4.69, 9.17) is 0 Å². The number of likely N-dealkylation sites (tertiary alicyclic amines) is 1. The molecule has 0 saturated carbocycles. The Morgan fingerprint density at radius 3 is 2.83 bits per heavy atom. The molecule has 0 spiro atoms. The molecule has 2 heterocycles. The first-order valence-corrected chi connectivity index (χ1v) is 9.01. The molecule has 0 aromatic heterocycles. The molecule has 0 radical (unpaired) electrons. The molecule has 2 amide bonds. The van der Waals surface area contributed by atoms with E-state index in [0.29, 0.717) is 13.1 Å². The number of amides is 2. The van der Waals surface area contributed by atoms with E-state index >= 15 is 0 Å². The Morgan fingerprint density at radius 1 is 1.17 bits per heavy atom. The summed E-state index contributed by atoms with van der Waals surface area (Å²) in [5, 5.41) is 2.95. The van der Waals surface area contributed by atoms with Crippen LogP contribution in [0.15, 0.2) is 24.3 Å². The average molecular weight is 329 g/mol. The first-order valence-electron chi connectivity index (χ1n) is 9.01. The summed E-state index contributed by atoms with van der Waals surface area (Å²) in [7, 11) is 0. The molecule has 130 valence electrons. The van der Waals surface area contributed by atoms with Gasteiger partial charge in [-0.1, -0.05) is 18.2 Å². The maximum absolute atomic E-state index is 12.8. The molecule has 1 fully saturated rings. The number of hydrogen-bond donors (Lipinski definition) is 1. The minimum atomic E-state index is -0.0178. The smallest absolute Gasteiger partial charge is 0.242 e. The number of nitrogens with one attached hydrogen (secondary N) is 1. The SMILES string of the molecule is CC(=O)NC1CCCN(C(=O)CN2CCCCc3ccccc32)C1. The number of para-hydroxylation sites is 1. The topological polar surface area (TPSA) is 52.7 Å². The molecule has 1 N–H and O–H groups in total. The zero-order valence-corrected chi connectivity index (χ0v) is 14.5. The average Bonchev–Trinajstić information content (AvgIpc) is 2.77. The molecule has 0 bridgehead atoms. The Balaban J connectivity index is 1.65. The van der Waals surface area contributed by atoms with Gasteiger partial charge in [-0.05, 0) is 43.7 Å². The van der Waals surface area contributed by atoms with Crippen LogP contribution in [0.5, 0.6) is 0 Å². The van der Waals surface area contributed by atoms with Crippen molar-refractivity contribution < 1.29 is 9.59 Å². The Hall–Kier alpha value is -2.04. The van der Waals surface area contributed by atoms with Crippen molar-refractivity contribution in [3.8, 4) is 0 Å². The lowest BCUT2D eigenvalue weighted by molar-refractivity contribution is -0.132. The summed E-state index contributed by atoms with van der Waals surface area (Å²) in [6.45, 7) is 4.34. The highest BCUT2D eigenvalue weighted by Crippen LogP contribution is 2.26. The molecule has 24 heavy (non-hydrogen) atoms. The van der Waals surface area contributed by atoms with Crippen LogP contribution in [0.1, 0.15) is 38.2 Å². The summed E-state index contributed by atoms with van der Waals surface area (Å²) in [4.78, 5) is 28.2. The van der Waals surface area contributed by atoms with Crippen LogP contribution in [0.25, 0.3) is 0 Å². The van der Waals surface area contributed by atoms with Crippen molar-refractivity contribution in [3.63, 3.8) is 0 Å². The Bertz CT molecular complexity index is 602. The highest BCUT2D eigenvalue weighted by molar-refractivity contribution is 5.82. The Morgan fingerprint density at radius 2 is 2.00 bits per heavy atom.